The number of carbonyl (C=O) groups is 1. The Hall–Kier alpha value is -2.28. The normalized spacial score (nSPS) is 11.2. The molecular formula is C13H14N2O4S. The lowest BCUT2D eigenvalue weighted by Crippen LogP contribution is -2.13. The van der Waals surface area contributed by atoms with Crippen molar-refractivity contribution >= 4 is 21.7 Å². The van der Waals surface area contributed by atoms with Crippen LogP contribution in [0.1, 0.15) is 23.0 Å². The van der Waals surface area contributed by atoms with Crippen molar-refractivity contribution in [2.24, 2.45) is 0 Å². The van der Waals surface area contributed by atoms with Gasteiger partial charge in [0.15, 0.2) is 0 Å². The molecule has 0 bridgehead atoms. The molecule has 20 heavy (non-hydrogen) atoms. The van der Waals surface area contributed by atoms with Crippen molar-refractivity contribution in [3.8, 4) is 0 Å². The maximum absolute atomic E-state index is 12.2. The first kappa shape index (κ1) is 14.1. The van der Waals surface area contributed by atoms with Crippen LogP contribution < -0.4 is 4.72 Å². The second-order valence-corrected chi connectivity index (χ2v) is 5.85. The lowest BCUT2D eigenvalue weighted by Gasteiger charge is -2.10. The van der Waals surface area contributed by atoms with E-state index in [9.17, 15) is 13.2 Å². The number of carboxylic acid groups (broad SMARTS) is 1. The largest absolute Gasteiger partial charge is 0.477 e. The minimum Gasteiger partial charge on any atom is -0.477 e. The van der Waals surface area contributed by atoms with Crippen molar-refractivity contribution in [1.82, 2.24) is 4.98 Å². The van der Waals surface area contributed by atoms with E-state index in [0.29, 0.717) is 12.1 Å². The first-order chi connectivity index (χ1) is 9.44. The van der Waals surface area contributed by atoms with Crippen molar-refractivity contribution in [3.05, 3.63) is 47.8 Å². The number of anilines is 1. The van der Waals surface area contributed by atoms with E-state index in [4.69, 9.17) is 5.11 Å². The predicted molar refractivity (Wildman–Crippen MR) is 74.4 cm³/mol. The molecule has 0 unspecified atom stereocenters. The minimum atomic E-state index is -3.80. The zero-order valence-corrected chi connectivity index (χ0v) is 11.6. The topological polar surface area (TPSA) is 99.3 Å². The molecule has 1 aromatic carbocycles. The van der Waals surface area contributed by atoms with Gasteiger partial charge in [-0.25, -0.2) is 13.2 Å². The standard InChI is InChI=1S/C13H14N2O4S/c1-2-9-5-3-4-6-11(9)15-20(18,19)10-7-12(13(16)17)14-8-10/h3-8,14-15H,2H2,1H3,(H,16,17). The third kappa shape index (κ3) is 2.83. The average molecular weight is 294 g/mol. The van der Waals surface area contributed by atoms with E-state index in [1.165, 1.54) is 0 Å². The summed E-state index contributed by atoms with van der Waals surface area (Å²) in [6.45, 7) is 1.92. The van der Waals surface area contributed by atoms with Crippen LogP contribution in [-0.4, -0.2) is 24.5 Å². The molecule has 0 aliphatic rings. The summed E-state index contributed by atoms with van der Waals surface area (Å²) in [5.74, 6) is -1.21. The Balaban J connectivity index is 2.33. The number of H-pyrrole nitrogens is 1. The van der Waals surface area contributed by atoms with Crippen molar-refractivity contribution < 1.29 is 18.3 Å². The fraction of sp³-hybridized carbons (Fsp3) is 0.154. The van der Waals surface area contributed by atoms with Crippen LogP contribution in [0.2, 0.25) is 0 Å². The van der Waals surface area contributed by atoms with Gasteiger partial charge in [-0.1, -0.05) is 25.1 Å². The summed E-state index contributed by atoms with van der Waals surface area (Å²) >= 11 is 0. The third-order valence-electron chi connectivity index (χ3n) is 2.84. The first-order valence-electron chi connectivity index (χ1n) is 5.96. The number of aromatic nitrogens is 1. The maximum Gasteiger partial charge on any atom is 0.352 e. The molecule has 3 N–H and O–H groups in total. The average Bonchev–Trinajstić information content (AvgIpc) is 2.89. The maximum atomic E-state index is 12.2. The van der Waals surface area contributed by atoms with E-state index >= 15 is 0 Å². The molecule has 1 aromatic heterocycles. The summed E-state index contributed by atoms with van der Waals surface area (Å²) < 4.78 is 26.8. The second kappa shape index (κ2) is 5.38. The predicted octanol–water partition coefficient (Wildman–Crippen LogP) is 2.08. The Morgan fingerprint density at radius 1 is 1.35 bits per heavy atom. The molecule has 106 valence electrons. The summed E-state index contributed by atoms with van der Waals surface area (Å²) in [5, 5.41) is 8.79. The molecule has 0 amide bonds. The Morgan fingerprint density at radius 2 is 2.05 bits per heavy atom. The molecule has 0 aliphatic carbocycles. The molecule has 0 atom stereocenters. The van der Waals surface area contributed by atoms with Gasteiger partial charge in [0.25, 0.3) is 10.0 Å². The molecule has 0 saturated carbocycles. The van der Waals surface area contributed by atoms with E-state index in [1.807, 2.05) is 19.1 Å². The van der Waals surface area contributed by atoms with Gasteiger partial charge in [0, 0.05) is 6.20 Å². The van der Waals surface area contributed by atoms with Gasteiger partial charge in [-0.15, -0.1) is 0 Å². The SMILES string of the molecule is CCc1ccccc1NS(=O)(=O)c1c[nH]c(C(=O)O)c1. The number of nitrogens with one attached hydrogen (secondary N) is 2. The zero-order valence-electron chi connectivity index (χ0n) is 10.8. The van der Waals surface area contributed by atoms with Gasteiger partial charge in [0.2, 0.25) is 0 Å². The molecule has 0 fully saturated rings. The monoisotopic (exact) mass is 294 g/mol. The van der Waals surface area contributed by atoms with Gasteiger partial charge in [-0.05, 0) is 24.1 Å². The van der Waals surface area contributed by atoms with Crippen LogP contribution in [0, 0.1) is 0 Å². The quantitative estimate of drug-likeness (QED) is 0.786. The van der Waals surface area contributed by atoms with Crippen molar-refractivity contribution in [3.63, 3.8) is 0 Å². The van der Waals surface area contributed by atoms with Crippen LogP contribution in [0.4, 0.5) is 5.69 Å². The highest BCUT2D eigenvalue weighted by Gasteiger charge is 2.19. The van der Waals surface area contributed by atoms with Gasteiger partial charge in [-0.3, -0.25) is 4.72 Å². The zero-order chi connectivity index (χ0) is 14.8. The summed E-state index contributed by atoms with van der Waals surface area (Å²) in [7, 11) is -3.80. The van der Waals surface area contributed by atoms with Gasteiger partial charge < -0.3 is 10.1 Å². The first-order valence-corrected chi connectivity index (χ1v) is 7.45. The molecule has 2 rings (SSSR count). The lowest BCUT2D eigenvalue weighted by molar-refractivity contribution is 0.0691. The number of hydrogen-bond acceptors (Lipinski definition) is 3. The number of aryl methyl sites for hydroxylation is 1. The molecule has 0 spiro atoms. The Labute approximate surface area is 116 Å². The van der Waals surface area contributed by atoms with Gasteiger partial charge in [0.05, 0.1) is 5.69 Å². The molecule has 0 saturated heterocycles. The van der Waals surface area contributed by atoms with Crippen LogP contribution in [-0.2, 0) is 16.4 Å². The van der Waals surface area contributed by atoms with Crippen LogP contribution in [0.3, 0.4) is 0 Å². The van der Waals surface area contributed by atoms with E-state index in [-0.39, 0.29) is 10.6 Å². The van der Waals surface area contributed by atoms with Crippen molar-refractivity contribution in [1.29, 1.82) is 0 Å². The lowest BCUT2D eigenvalue weighted by atomic mass is 10.1. The van der Waals surface area contributed by atoms with Crippen molar-refractivity contribution in [2.45, 2.75) is 18.2 Å². The molecular weight excluding hydrogens is 280 g/mol. The number of carboxylic acids is 1. The minimum absolute atomic E-state index is 0.110. The highest BCUT2D eigenvalue weighted by molar-refractivity contribution is 7.92. The van der Waals surface area contributed by atoms with Gasteiger partial charge in [0.1, 0.15) is 10.6 Å². The van der Waals surface area contributed by atoms with Crippen LogP contribution in [0.15, 0.2) is 41.4 Å². The van der Waals surface area contributed by atoms with E-state index in [1.54, 1.807) is 12.1 Å². The Bertz CT molecular complexity index is 734. The fourth-order valence-corrected chi connectivity index (χ4v) is 2.88. The highest BCUT2D eigenvalue weighted by Crippen LogP contribution is 2.20. The number of sulfonamides is 1. The molecule has 6 nitrogen and oxygen atoms in total. The molecule has 0 aliphatic heterocycles. The molecule has 1 heterocycles. The number of aromatic carboxylic acids is 1. The third-order valence-corrected chi connectivity index (χ3v) is 4.18. The van der Waals surface area contributed by atoms with Gasteiger partial charge >= 0.3 is 5.97 Å². The van der Waals surface area contributed by atoms with Crippen LogP contribution in [0.25, 0.3) is 0 Å². The number of hydrogen-bond donors (Lipinski definition) is 3. The molecule has 0 radical (unpaired) electrons. The van der Waals surface area contributed by atoms with Crippen LogP contribution >= 0.6 is 0 Å². The highest BCUT2D eigenvalue weighted by atomic mass is 32.2. The summed E-state index contributed by atoms with van der Waals surface area (Å²) in [5.41, 5.74) is 1.19. The van der Waals surface area contributed by atoms with E-state index < -0.39 is 16.0 Å². The number of para-hydroxylation sites is 1. The number of rotatable bonds is 5. The van der Waals surface area contributed by atoms with Crippen molar-refractivity contribution in [2.75, 3.05) is 4.72 Å². The van der Waals surface area contributed by atoms with E-state index in [0.717, 1.165) is 17.8 Å². The van der Waals surface area contributed by atoms with Crippen LogP contribution in [0.5, 0.6) is 0 Å². The summed E-state index contributed by atoms with van der Waals surface area (Å²) in [4.78, 5) is 13.1. The smallest absolute Gasteiger partial charge is 0.352 e. The summed E-state index contributed by atoms with van der Waals surface area (Å²) in [6, 6.07) is 8.14. The number of aromatic amines is 1. The number of benzene rings is 1. The molecule has 2 aromatic rings. The Morgan fingerprint density at radius 3 is 2.65 bits per heavy atom. The second-order valence-electron chi connectivity index (χ2n) is 4.17. The molecule has 7 heteroatoms. The Kier molecular flexibility index (Phi) is 3.80. The fourth-order valence-electron chi connectivity index (χ4n) is 1.78. The van der Waals surface area contributed by atoms with Gasteiger partial charge in [-0.2, -0.15) is 0 Å². The summed E-state index contributed by atoms with van der Waals surface area (Å²) in [6.07, 6.45) is 1.84. The van der Waals surface area contributed by atoms with E-state index in [2.05, 4.69) is 9.71 Å².